The van der Waals surface area contributed by atoms with Gasteiger partial charge in [-0.15, -0.1) is 0 Å². The normalized spacial score (nSPS) is 10.8. The van der Waals surface area contributed by atoms with Crippen molar-refractivity contribution < 1.29 is 14.0 Å². The van der Waals surface area contributed by atoms with Crippen molar-refractivity contribution in [3.05, 3.63) is 57.4 Å². The molecule has 1 aromatic carbocycles. The van der Waals surface area contributed by atoms with Gasteiger partial charge >= 0.3 is 0 Å². The molecular formula is C16H15BrClN3O3. The number of carbonyl (C=O) groups excluding carboxylic acids is 2. The van der Waals surface area contributed by atoms with Gasteiger partial charge in [0, 0.05) is 13.0 Å². The molecule has 6 nitrogen and oxygen atoms in total. The van der Waals surface area contributed by atoms with Crippen LogP contribution in [-0.4, -0.2) is 24.6 Å². The van der Waals surface area contributed by atoms with E-state index >= 15 is 0 Å². The molecule has 0 radical (unpaired) electrons. The highest BCUT2D eigenvalue weighted by molar-refractivity contribution is 9.10. The molecule has 1 heterocycles. The first-order valence-corrected chi connectivity index (χ1v) is 8.33. The first kappa shape index (κ1) is 18.2. The minimum atomic E-state index is -0.262. The van der Waals surface area contributed by atoms with E-state index in [9.17, 15) is 9.59 Å². The van der Waals surface area contributed by atoms with Gasteiger partial charge in [0.25, 0.3) is 5.91 Å². The minimum absolute atomic E-state index is 0.238. The van der Waals surface area contributed by atoms with E-state index in [-0.39, 0.29) is 18.2 Å². The highest BCUT2D eigenvalue weighted by Gasteiger charge is 2.08. The van der Waals surface area contributed by atoms with Crippen molar-refractivity contribution >= 4 is 45.6 Å². The molecule has 0 aliphatic carbocycles. The molecule has 8 heteroatoms. The van der Waals surface area contributed by atoms with E-state index in [1.807, 2.05) is 0 Å². The van der Waals surface area contributed by atoms with Crippen LogP contribution in [0.15, 0.2) is 50.6 Å². The molecule has 0 fully saturated rings. The van der Waals surface area contributed by atoms with Crippen LogP contribution in [0.5, 0.6) is 0 Å². The number of hydrazone groups is 1. The zero-order valence-corrected chi connectivity index (χ0v) is 14.9. The van der Waals surface area contributed by atoms with Crippen molar-refractivity contribution in [1.29, 1.82) is 0 Å². The van der Waals surface area contributed by atoms with Crippen LogP contribution >= 0.6 is 27.5 Å². The molecule has 2 N–H and O–H groups in total. The van der Waals surface area contributed by atoms with E-state index in [0.29, 0.717) is 34.0 Å². The molecule has 0 unspecified atom stereocenters. The highest BCUT2D eigenvalue weighted by Crippen LogP contribution is 2.14. The molecule has 2 amide bonds. The second-order valence-electron chi connectivity index (χ2n) is 4.77. The number of rotatable bonds is 7. The molecule has 0 spiro atoms. The van der Waals surface area contributed by atoms with Crippen molar-refractivity contribution in [2.45, 2.75) is 12.8 Å². The van der Waals surface area contributed by atoms with Gasteiger partial charge in [-0.2, -0.15) is 5.10 Å². The first-order valence-electron chi connectivity index (χ1n) is 7.16. The molecule has 0 saturated heterocycles. The average molecular weight is 413 g/mol. The molecule has 0 bridgehead atoms. The predicted octanol–water partition coefficient (Wildman–Crippen LogP) is 3.36. The SMILES string of the molecule is O=C(CCCNC(=O)c1ccccc1Cl)NN=Cc1ccc(Br)o1. The van der Waals surface area contributed by atoms with Gasteiger partial charge in [-0.25, -0.2) is 5.43 Å². The quantitative estimate of drug-likeness (QED) is 0.415. The van der Waals surface area contributed by atoms with Crippen molar-refractivity contribution in [3.63, 3.8) is 0 Å². The Bertz CT molecular complexity index is 746. The summed E-state index contributed by atoms with van der Waals surface area (Å²) in [5, 5.41) is 6.90. The molecule has 0 atom stereocenters. The number of carbonyl (C=O) groups is 2. The number of hydrogen-bond acceptors (Lipinski definition) is 4. The number of halogens is 2. The second kappa shape index (κ2) is 9.24. The lowest BCUT2D eigenvalue weighted by atomic mass is 10.2. The van der Waals surface area contributed by atoms with Gasteiger partial charge in [0.2, 0.25) is 5.91 Å². The van der Waals surface area contributed by atoms with Gasteiger partial charge in [-0.3, -0.25) is 9.59 Å². The Balaban J connectivity index is 1.65. The Labute approximate surface area is 152 Å². The fourth-order valence-corrected chi connectivity index (χ4v) is 2.35. The maximum atomic E-state index is 11.9. The third-order valence-electron chi connectivity index (χ3n) is 2.96. The van der Waals surface area contributed by atoms with Crippen molar-refractivity contribution in [2.24, 2.45) is 5.10 Å². The molecule has 24 heavy (non-hydrogen) atoms. The standard InChI is InChI=1S/C16H15BrClN3O3/c17-14-8-7-11(24-14)10-20-21-15(22)6-3-9-19-16(23)12-4-1-2-5-13(12)18/h1-2,4-5,7-8,10H,3,6,9H2,(H,19,23)(H,21,22). The third-order valence-corrected chi connectivity index (χ3v) is 3.72. The van der Waals surface area contributed by atoms with E-state index in [0.717, 1.165) is 0 Å². The van der Waals surface area contributed by atoms with Crippen LogP contribution in [0.3, 0.4) is 0 Å². The van der Waals surface area contributed by atoms with E-state index in [2.05, 4.69) is 31.8 Å². The lowest BCUT2D eigenvalue weighted by molar-refractivity contribution is -0.121. The van der Waals surface area contributed by atoms with Gasteiger partial charge in [0.15, 0.2) is 4.67 Å². The maximum absolute atomic E-state index is 11.9. The van der Waals surface area contributed by atoms with Crippen LogP contribution in [0, 0.1) is 0 Å². The van der Waals surface area contributed by atoms with Crippen LogP contribution in [0.1, 0.15) is 29.0 Å². The highest BCUT2D eigenvalue weighted by atomic mass is 79.9. The molecule has 2 aromatic rings. The largest absolute Gasteiger partial charge is 0.448 e. The number of furan rings is 1. The summed E-state index contributed by atoms with van der Waals surface area (Å²) in [6.07, 6.45) is 2.13. The Kier molecular flexibility index (Phi) is 7.02. The van der Waals surface area contributed by atoms with Gasteiger partial charge < -0.3 is 9.73 Å². The van der Waals surface area contributed by atoms with Crippen molar-refractivity contribution in [1.82, 2.24) is 10.7 Å². The zero-order valence-electron chi connectivity index (χ0n) is 12.6. The molecule has 0 aliphatic rings. The Morgan fingerprint density at radius 1 is 1.25 bits per heavy atom. The minimum Gasteiger partial charge on any atom is -0.448 e. The van der Waals surface area contributed by atoms with Gasteiger partial charge in [0.1, 0.15) is 5.76 Å². The summed E-state index contributed by atoms with van der Waals surface area (Å²) in [6, 6.07) is 10.2. The van der Waals surface area contributed by atoms with Gasteiger partial charge in [-0.1, -0.05) is 23.7 Å². The van der Waals surface area contributed by atoms with Crippen LogP contribution in [0.2, 0.25) is 5.02 Å². The first-order chi connectivity index (χ1) is 11.6. The maximum Gasteiger partial charge on any atom is 0.252 e. The number of nitrogens with zero attached hydrogens (tertiary/aromatic N) is 1. The molecule has 1 aromatic heterocycles. The number of hydrogen-bond donors (Lipinski definition) is 2. The molecule has 0 saturated carbocycles. The van der Waals surface area contributed by atoms with Crippen molar-refractivity contribution in [2.75, 3.05) is 6.54 Å². The van der Waals surface area contributed by atoms with Gasteiger partial charge in [-0.05, 0) is 46.6 Å². The number of amides is 2. The Morgan fingerprint density at radius 3 is 2.75 bits per heavy atom. The van der Waals surface area contributed by atoms with E-state index in [1.165, 1.54) is 6.21 Å². The monoisotopic (exact) mass is 411 g/mol. The second-order valence-corrected chi connectivity index (χ2v) is 5.96. The topological polar surface area (TPSA) is 83.7 Å². The molecule has 0 aliphatic heterocycles. The number of benzene rings is 1. The van der Waals surface area contributed by atoms with Gasteiger partial charge in [0.05, 0.1) is 16.8 Å². The zero-order chi connectivity index (χ0) is 17.4. The summed E-state index contributed by atoms with van der Waals surface area (Å²) in [6.45, 7) is 0.367. The Morgan fingerprint density at radius 2 is 2.04 bits per heavy atom. The molecule has 2 rings (SSSR count). The summed E-state index contributed by atoms with van der Waals surface area (Å²) >= 11 is 9.11. The van der Waals surface area contributed by atoms with E-state index in [1.54, 1.807) is 36.4 Å². The third kappa shape index (κ3) is 5.82. The van der Waals surface area contributed by atoms with Crippen LogP contribution in [0.25, 0.3) is 0 Å². The fraction of sp³-hybridized carbons (Fsp3) is 0.188. The average Bonchev–Trinajstić information content (AvgIpc) is 2.97. The summed E-state index contributed by atoms with van der Waals surface area (Å²) in [5.41, 5.74) is 2.81. The lowest BCUT2D eigenvalue weighted by Gasteiger charge is -2.06. The van der Waals surface area contributed by atoms with Crippen LogP contribution < -0.4 is 10.7 Å². The van der Waals surface area contributed by atoms with Crippen molar-refractivity contribution in [3.8, 4) is 0 Å². The lowest BCUT2D eigenvalue weighted by Crippen LogP contribution is -2.26. The molecule has 126 valence electrons. The van der Waals surface area contributed by atoms with E-state index in [4.69, 9.17) is 16.0 Å². The Hall–Kier alpha value is -2.12. The summed E-state index contributed by atoms with van der Waals surface area (Å²) < 4.78 is 5.79. The van der Waals surface area contributed by atoms with Crippen LogP contribution in [0.4, 0.5) is 0 Å². The molecular weight excluding hydrogens is 398 g/mol. The fourth-order valence-electron chi connectivity index (χ4n) is 1.81. The van der Waals surface area contributed by atoms with E-state index < -0.39 is 0 Å². The smallest absolute Gasteiger partial charge is 0.252 e. The van der Waals surface area contributed by atoms with Crippen LogP contribution in [-0.2, 0) is 4.79 Å². The summed E-state index contributed by atoms with van der Waals surface area (Å²) in [7, 11) is 0. The summed E-state index contributed by atoms with van der Waals surface area (Å²) in [5.74, 6) is 0.0143. The number of nitrogens with one attached hydrogen (secondary N) is 2. The predicted molar refractivity (Wildman–Crippen MR) is 95.2 cm³/mol. The summed E-state index contributed by atoms with van der Waals surface area (Å²) in [4.78, 5) is 23.5.